The predicted molar refractivity (Wildman–Crippen MR) is 94.3 cm³/mol. The summed E-state index contributed by atoms with van der Waals surface area (Å²) in [6, 6.07) is 13.7. The first-order valence-corrected chi connectivity index (χ1v) is 9.95. The van der Waals surface area contributed by atoms with Crippen molar-refractivity contribution < 1.29 is 8.42 Å². The minimum atomic E-state index is -3.48. The van der Waals surface area contributed by atoms with Crippen LogP contribution >= 0.6 is 35.0 Å². The number of nitrogens with one attached hydrogen (secondary N) is 1. The molecule has 118 valence electrons. The molecule has 7 heteroatoms. The summed E-state index contributed by atoms with van der Waals surface area (Å²) in [7, 11) is -3.48. The number of benzene rings is 2. The third kappa shape index (κ3) is 5.18. The molecule has 0 spiro atoms. The molecule has 2 rings (SSSR count). The molecular formula is C15H15Cl2NO2S2. The summed E-state index contributed by atoms with van der Waals surface area (Å²) in [5.74, 6) is 1.42. The van der Waals surface area contributed by atoms with Crippen molar-refractivity contribution in [2.45, 2.75) is 10.6 Å². The molecule has 2 aromatic carbocycles. The Morgan fingerprint density at radius 1 is 1.00 bits per heavy atom. The number of hydrogen-bond donors (Lipinski definition) is 1. The van der Waals surface area contributed by atoms with Gasteiger partial charge in [0.05, 0.1) is 4.90 Å². The average Bonchev–Trinajstić information content (AvgIpc) is 2.49. The molecule has 0 aromatic heterocycles. The highest BCUT2D eigenvalue weighted by Crippen LogP contribution is 2.20. The molecule has 0 aliphatic carbocycles. The molecule has 0 amide bonds. The summed E-state index contributed by atoms with van der Waals surface area (Å²) < 4.78 is 26.7. The lowest BCUT2D eigenvalue weighted by Crippen LogP contribution is -2.26. The van der Waals surface area contributed by atoms with Gasteiger partial charge in [0.15, 0.2) is 0 Å². The lowest BCUT2D eigenvalue weighted by Gasteiger charge is -2.07. The first-order valence-electron chi connectivity index (χ1n) is 6.55. The fourth-order valence-electron chi connectivity index (χ4n) is 1.74. The predicted octanol–water partition coefficient (Wildman–Crippen LogP) is 4.21. The van der Waals surface area contributed by atoms with E-state index in [1.54, 1.807) is 23.9 Å². The molecule has 0 saturated carbocycles. The van der Waals surface area contributed by atoms with Crippen molar-refractivity contribution in [1.82, 2.24) is 4.72 Å². The molecule has 3 nitrogen and oxygen atoms in total. The van der Waals surface area contributed by atoms with E-state index < -0.39 is 10.0 Å². The first kappa shape index (κ1) is 17.6. The summed E-state index contributed by atoms with van der Waals surface area (Å²) in [6.07, 6.45) is 0. The van der Waals surface area contributed by atoms with Crippen LogP contribution in [-0.4, -0.2) is 20.7 Å². The van der Waals surface area contributed by atoms with Gasteiger partial charge >= 0.3 is 0 Å². The van der Waals surface area contributed by atoms with Crippen molar-refractivity contribution in [3.8, 4) is 0 Å². The Labute approximate surface area is 145 Å². The molecule has 0 aliphatic heterocycles. The topological polar surface area (TPSA) is 46.2 Å². The van der Waals surface area contributed by atoms with Gasteiger partial charge in [-0.15, -0.1) is 0 Å². The molecular weight excluding hydrogens is 361 g/mol. The van der Waals surface area contributed by atoms with E-state index in [1.807, 2.05) is 24.3 Å². The monoisotopic (exact) mass is 375 g/mol. The van der Waals surface area contributed by atoms with E-state index in [9.17, 15) is 8.42 Å². The van der Waals surface area contributed by atoms with Crippen LogP contribution in [0.5, 0.6) is 0 Å². The molecule has 0 aliphatic rings. The van der Waals surface area contributed by atoms with Crippen molar-refractivity contribution >= 4 is 45.0 Å². The van der Waals surface area contributed by atoms with Gasteiger partial charge in [-0.05, 0) is 35.9 Å². The fourth-order valence-corrected chi connectivity index (χ4v) is 4.17. The summed E-state index contributed by atoms with van der Waals surface area (Å²) in [5, 5.41) is 1.24. The van der Waals surface area contributed by atoms with E-state index in [0.717, 1.165) is 16.3 Å². The lowest BCUT2D eigenvalue weighted by molar-refractivity contribution is 0.584. The SMILES string of the molecule is O=S(=O)(NCCSCc1ccccc1Cl)c1ccc(Cl)cc1. The minimum Gasteiger partial charge on any atom is -0.210 e. The van der Waals surface area contributed by atoms with Gasteiger partial charge in [0.25, 0.3) is 0 Å². The standard InChI is InChI=1S/C15H15Cl2NO2S2/c16-13-5-7-14(8-6-13)22(19,20)18-9-10-21-11-12-3-1-2-4-15(12)17/h1-8,18H,9-11H2. The van der Waals surface area contributed by atoms with Crippen molar-refractivity contribution in [3.05, 3.63) is 64.1 Å². The van der Waals surface area contributed by atoms with Gasteiger partial charge in [0, 0.05) is 28.1 Å². The van der Waals surface area contributed by atoms with E-state index in [2.05, 4.69) is 4.72 Å². The maximum atomic E-state index is 12.0. The van der Waals surface area contributed by atoms with Crippen LogP contribution in [-0.2, 0) is 15.8 Å². The van der Waals surface area contributed by atoms with Crippen LogP contribution in [0, 0.1) is 0 Å². The quantitative estimate of drug-likeness (QED) is 0.737. The summed E-state index contributed by atoms with van der Waals surface area (Å²) in [5.41, 5.74) is 1.05. The molecule has 22 heavy (non-hydrogen) atoms. The summed E-state index contributed by atoms with van der Waals surface area (Å²) in [6.45, 7) is 0.361. The maximum Gasteiger partial charge on any atom is 0.240 e. The number of thioether (sulfide) groups is 1. The van der Waals surface area contributed by atoms with Gasteiger partial charge in [0.1, 0.15) is 0 Å². The van der Waals surface area contributed by atoms with Crippen LogP contribution in [0.4, 0.5) is 0 Å². The van der Waals surface area contributed by atoms with Gasteiger partial charge in [-0.2, -0.15) is 11.8 Å². The Kier molecular flexibility index (Phi) is 6.59. The lowest BCUT2D eigenvalue weighted by atomic mass is 10.2. The molecule has 0 radical (unpaired) electrons. The Balaban J connectivity index is 1.79. The zero-order valence-electron chi connectivity index (χ0n) is 11.6. The molecule has 1 N–H and O–H groups in total. The van der Waals surface area contributed by atoms with Crippen LogP contribution in [0.2, 0.25) is 10.0 Å². The van der Waals surface area contributed by atoms with Crippen molar-refractivity contribution in [2.75, 3.05) is 12.3 Å². The highest BCUT2D eigenvalue weighted by Gasteiger charge is 2.12. The van der Waals surface area contributed by atoms with E-state index in [4.69, 9.17) is 23.2 Å². The van der Waals surface area contributed by atoms with E-state index in [0.29, 0.717) is 17.3 Å². The van der Waals surface area contributed by atoms with Gasteiger partial charge < -0.3 is 0 Å². The molecule has 0 unspecified atom stereocenters. The van der Waals surface area contributed by atoms with Crippen LogP contribution in [0.15, 0.2) is 53.4 Å². The smallest absolute Gasteiger partial charge is 0.210 e. The average molecular weight is 376 g/mol. The van der Waals surface area contributed by atoms with Gasteiger partial charge in [-0.1, -0.05) is 41.4 Å². The first-order chi connectivity index (χ1) is 10.5. The Hall–Kier alpha value is -0.720. The van der Waals surface area contributed by atoms with Crippen LogP contribution in [0.3, 0.4) is 0 Å². The molecule has 0 saturated heterocycles. The van der Waals surface area contributed by atoms with Crippen LogP contribution in [0.1, 0.15) is 5.56 Å². The minimum absolute atomic E-state index is 0.216. The molecule has 2 aromatic rings. The number of rotatable bonds is 7. The van der Waals surface area contributed by atoms with Gasteiger partial charge in [0.2, 0.25) is 10.0 Å². The molecule has 0 fully saturated rings. The second-order valence-electron chi connectivity index (χ2n) is 4.50. The molecule has 0 heterocycles. The van der Waals surface area contributed by atoms with Gasteiger partial charge in [-0.25, -0.2) is 13.1 Å². The summed E-state index contributed by atoms with van der Waals surface area (Å²) in [4.78, 5) is 0.216. The second-order valence-corrected chi connectivity index (χ2v) is 8.21. The normalized spacial score (nSPS) is 11.5. The summed E-state index contributed by atoms with van der Waals surface area (Å²) >= 11 is 13.4. The highest BCUT2D eigenvalue weighted by atomic mass is 35.5. The highest BCUT2D eigenvalue weighted by molar-refractivity contribution is 7.98. The molecule has 0 atom stereocenters. The second kappa shape index (κ2) is 8.22. The largest absolute Gasteiger partial charge is 0.240 e. The van der Waals surface area contributed by atoms with Crippen molar-refractivity contribution in [2.24, 2.45) is 0 Å². The zero-order chi connectivity index (χ0) is 16.0. The fraction of sp³-hybridized carbons (Fsp3) is 0.200. The third-order valence-electron chi connectivity index (χ3n) is 2.88. The van der Waals surface area contributed by atoms with Crippen LogP contribution < -0.4 is 4.72 Å². The van der Waals surface area contributed by atoms with Crippen molar-refractivity contribution in [1.29, 1.82) is 0 Å². The number of hydrogen-bond acceptors (Lipinski definition) is 3. The van der Waals surface area contributed by atoms with E-state index >= 15 is 0 Å². The number of halogens is 2. The third-order valence-corrected chi connectivity index (χ3v) is 5.98. The number of sulfonamides is 1. The Morgan fingerprint density at radius 2 is 1.68 bits per heavy atom. The van der Waals surface area contributed by atoms with E-state index in [1.165, 1.54) is 12.1 Å². The van der Waals surface area contributed by atoms with Crippen LogP contribution in [0.25, 0.3) is 0 Å². The van der Waals surface area contributed by atoms with Gasteiger partial charge in [-0.3, -0.25) is 0 Å². The van der Waals surface area contributed by atoms with E-state index in [-0.39, 0.29) is 4.90 Å². The maximum absolute atomic E-state index is 12.0. The Bertz CT molecular complexity index is 719. The Morgan fingerprint density at radius 3 is 2.36 bits per heavy atom. The zero-order valence-corrected chi connectivity index (χ0v) is 14.8. The van der Waals surface area contributed by atoms with Crippen molar-refractivity contribution in [3.63, 3.8) is 0 Å². The molecule has 0 bridgehead atoms.